The summed E-state index contributed by atoms with van der Waals surface area (Å²) in [7, 11) is 0. The van der Waals surface area contributed by atoms with Gasteiger partial charge in [-0.3, -0.25) is 0 Å². The Morgan fingerprint density at radius 2 is 2.18 bits per heavy atom. The predicted octanol–water partition coefficient (Wildman–Crippen LogP) is 2.94. The maximum Gasteiger partial charge on any atom is 0.123 e. The Labute approximate surface area is 103 Å². The lowest BCUT2D eigenvalue weighted by Crippen LogP contribution is -2.44. The van der Waals surface area contributed by atoms with E-state index in [1.807, 2.05) is 6.07 Å². The molecule has 2 rings (SSSR count). The quantitative estimate of drug-likeness (QED) is 0.825. The molecule has 1 aromatic carbocycles. The average Bonchev–Trinajstić information content (AvgIpc) is 2.25. The maximum absolute atomic E-state index is 13.1. The van der Waals surface area contributed by atoms with Crippen molar-refractivity contribution in [1.29, 1.82) is 0 Å². The van der Waals surface area contributed by atoms with Gasteiger partial charge in [0, 0.05) is 23.8 Å². The standard InChI is InChI=1S/C14H21FN2/c1-14(2,3)16-9-12-6-4-10-8-11(15)5-7-13(10)17-12/h5,7-8,12,16-17H,4,6,9H2,1-3H3. The van der Waals surface area contributed by atoms with Gasteiger partial charge in [0.15, 0.2) is 0 Å². The highest BCUT2D eigenvalue weighted by molar-refractivity contribution is 5.54. The van der Waals surface area contributed by atoms with E-state index >= 15 is 0 Å². The summed E-state index contributed by atoms with van der Waals surface area (Å²) in [6.07, 6.45) is 2.01. The summed E-state index contributed by atoms with van der Waals surface area (Å²) in [6, 6.07) is 5.43. The van der Waals surface area contributed by atoms with Crippen LogP contribution in [0.1, 0.15) is 32.8 Å². The summed E-state index contributed by atoms with van der Waals surface area (Å²) in [5.74, 6) is -0.142. The highest BCUT2D eigenvalue weighted by Crippen LogP contribution is 2.25. The van der Waals surface area contributed by atoms with E-state index in [0.717, 1.165) is 30.6 Å². The fourth-order valence-corrected chi connectivity index (χ4v) is 2.11. The highest BCUT2D eigenvalue weighted by atomic mass is 19.1. The van der Waals surface area contributed by atoms with E-state index < -0.39 is 0 Å². The summed E-state index contributed by atoms with van der Waals surface area (Å²) in [4.78, 5) is 0. The Bertz CT molecular complexity index is 396. The van der Waals surface area contributed by atoms with Crippen LogP contribution in [-0.4, -0.2) is 18.1 Å². The second-order valence-corrected chi connectivity index (χ2v) is 5.81. The van der Waals surface area contributed by atoms with Crippen LogP contribution in [0, 0.1) is 5.82 Å². The predicted molar refractivity (Wildman–Crippen MR) is 69.9 cm³/mol. The first-order chi connectivity index (χ1) is 7.94. The normalized spacial score (nSPS) is 19.6. The van der Waals surface area contributed by atoms with Gasteiger partial charge in [0.2, 0.25) is 0 Å². The van der Waals surface area contributed by atoms with Crippen molar-refractivity contribution in [3.8, 4) is 0 Å². The van der Waals surface area contributed by atoms with Crippen LogP contribution < -0.4 is 10.6 Å². The van der Waals surface area contributed by atoms with E-state index in [2.05, 4.69) is 31.4 Å². The molecular weight excluding hydrogens is 215 g/mol. The van der Waals surface area contributed by atoms with Gasteiger partial charge in [-0.25, -0.2) is 4.39 Å². The van der Waals surface area contributed by atoms with Crippen molar-refractivity contribution in [1.82, 2.24) is 5.32 Å². The topological polar surface area (TPSA) is 24.1 Å². The minimum atomic E-state index is -0.142. The van der Waals surface area contributed by atoms with Crippen LogP contribution in [0.5, 0.6) is 0 Å². The lowest BCUT2D eigenvalue weighted by molar-refractivity contribution is 0.404. The van der Waals surface area contributed by atoms with Crippen LogP contribution in [-0.2, 0) is 6.42 Å². The summed E-state index contributed by atoms with van der Waals surface area (Å²) < 4.78 is 13.1. The molecule has 0 fully saturated rings. The van der Waals surface area contributed by atoms with Crippen molar-refractivity contribution in [2.75, 3.05) is 11.9 Å². The fraction of sp³-hybridized carbons (Fsp3) is 0.571. The second kappa shape index (κ2) is 4.65. The first-order valence-corrected chi connectivity index (χ1v) is 6.24. The Morgan fingerprint density at radius 1 is 1.41 bits per heavy atom. The van der Waals surface area contributed by atoms with Gasteiger partial charge >= 0.3 is 0 Å². The van der Waals surface area contributed by atoms with Crippen LogP contribution in [0.25, 0.3) is 0 Å². The van der Waals surface area contributed by atoms with Gasteiger partial charge in [-0.2, -0.15) is 0 Å². The van der Waals surface area contributed by atoms with Gasteiger partial charge in [0.1, 0.15) is 5.82 Å². The van der Waals surface area contributed by atoms with Crippen molar-refractivity contribution in [3.63, 3.8) is 0 Å². The van der Waals surface area contributed by atoms with E-state index in [4.69, 9.17) is 0 Å². The van der Waals surface area contributed by atoms with Crippen molar-refractivity contribution in [3.05, 3.63) is 29.6 Å². The number of hydrogen-bond donors (Lipinski definition) is 2. The molecule has 3 heteroatoms. The lowest BCUT2D eigenvalue weighted by Gasteiger charge is -2.30. The van der Waals surface area contributed by atoms with Crippen molar-refractivity contribution in [2.45, 2.75) is 45.2 Å². The number of fused-ring (bicyclic) bond motifs is 1. The average molecular weight is 236 g/mol. The molecule has 0 saturated heterocycles. The molecule has 0 aliphatic carbocycles. The van der Waals surface area contributed by atoms with Crippen LogP contribution in [0.15, 0.2) is 18.2 Å². The number of hydrogen-bond acceptors (Lipinski definition) is 2. The molecule has 0 saturated carbocycles. The Kier molecular flexibility index (Phi) is 3.38. The van der Waals surface area contributed by atoms with E-state index in [0.29, 0.717) is 6.04 Å². The Hall–Kier alpha value is -1.09. The first-order valence-electron chi connectivity index (χ1n) is 6.24. The van der Waals surface area contributed by atoms with Gasteiger partial charge < -0.3 is 10.6 Å². The minimum absolute atomic E-state index is 0.142. The number of anilines is 1. The zero-order valence-corrected chi connectivity index (χ0v) is 10.8. The van der Waals surface area contributed by atoms with Crippen LogP contribution in [0.3, 0.4) is 0 Å². The number of nitrogens with one attached hydrogen (secondary N) is 2. The monoisotopic (exact) mass is 236 g/mol. The molecule has 0 amide bonds. The van der Waals surface area contributed by atoms with Gasteiger partial charge in [0.25, 0.3) is 0 Å². The third-order valence-electron chi connectivity index (χ3n) is 3.07. The Balaban J connectivity index is 1.97. The molecule has 0 bridgehead atoms. The Morgan fingerprint density at radius 3 is 2.88 bits per heavy atom. The van der Waals surface area contributed by atoms with Crippen molar-refractivity contribution in [2.24, 2.45) is 0 Å². The third kappa shape index (κ3) is 3.43. The number of aryl methyl sites for hydroxylation is 1. The highest BCUT2D eigenvalue weighted by Gasteiger charge is 2.19. The molecule has 0 aromatic heterocycles. The van der Waals surface area contributed by atoms with Gasteiger partial charge in [-0.1, -0.05) is 0 Å². The van der Waals surface area contributed by atoms with E-state index in [1.54, 1.807) is 6.07 Å². The van der Waals surface area contributed by atoms with Crippen LogP contribution >= 0.6 is 0 Å². The lowest BCUT2D eigenvalue weighted by atomic mass is 9.97. The second-order valence-electron chi connectivity index (χ2n) is 5.81. The summed E-state index contributed by atoms with van der Waals surface area (Å²) in [6.45, 7) is 7.44. The van der Waals surface area contributed by atoms with E-state index in [-0.39, 0.29) is 11.4 Å². The molecule has 0 spiro atoms. The molecule has 17 heavy (non-hydrogen) atoms. The van der Waals surface area contributed by atoms with Crippen LogP contribution in [0.4, 0.5) is 10.1 Å². The molecule has 1 heterocycles. The molecule has 1 atom stereocenters. The molecule has 1 aromatic rings. The van der Waals surface area contributed by atoms with Crippen molar-refractivity contribution >= 4 is 5.69 Å². The first kappa shape index (κ1) is 12.4. The molecular formula is C14H21FN2. The molecule has 1 aliphatic heterocycles. The molecule has 2 N–H and O–H groups in total. The molecule has 0 radical (unpaired) electrons. The van der Waals surface area contributed by atoms with E-state index in [1.165, 1.54) is 6.07 Å². The largest absolute Gasteiger partial charge is 0.381 e. The summed E-state index contributed by atoms with van der Waals surface area (Å²) in [5.41, 5.74) is 2.32. The molecule has 2 nitrogen and oxygen atoms in total. The number of benzene rings is 1. The molecule has 94 valence electrons. The maximum atomic E-state index is 13.1. The SMILES string of the molecule is CC(C)(C)NCC1CCc2cc(F)ccc2N1. The minimum Gasteiger partial charge on any atom is -0.381 e. The zero-order valence-electron chi connectivity index (χ0n) is 10.8. The van der Waals surface area contributed by atoms with Gasteiger partial charge in [-0.05, 0) is 57.4 Å². The van der Waals surface area contributed by atoms with Crippen LogP contribution in [0.2, 0.25) is 0 Å². The smallest absolute Gasteiger partial charge is 0.123 e. The van der Waals surface area contributed by atoms with Crippen molar-refractivity contribution < 1.29 is 4.39 Å². The summed E-state index contributed by atoms with van der Waals surface area (Å²) >= 11 is 0. The third-order valence-corrected chi connectivity index (χ3v) is 3.07. The molecule has 1 aliphatic rings. The molecule has 1 unspecified atom stereocenters. The summed E-state index contributed by atoms with van der Waals surface area (Å²) in [5, 5.41) is 6.96. The van der Waals surface area contributed by atoms with E-state index in [9.17, 15) is 4.39 Å². The number of halogens is 1. The fourth-order valence-electron chi connectivity index (χ4n) is 2.11. The van der Waals surface area contributed by atoms with Gasteiger partial charge in [-0.15, -0.1) is 0 Å². The number of rotatable bonds is 2. The van der Waals surface area contributed by atoms with Gasteiger partial charge in [0.05, 0.1) is 0 Å². The zero-order chi connectivity index (χ0) is 12.5.